The number of hydrogen-bond donors (Lipinski definition) is 3. The minimum Gasteiger partial charge on any atom is -0.393 e. The summed E-state index contributed by atoms with van der Waals surface area (Å²) in [6.07, 6.45) is 4.46. The lowest BCUT2D eigenvalue weighted by Crippen LogP contribution is -2.38. The van der Waals surface area contributed by atoms with E-state index in [1.54, 1.807) is 18.3 Å². The fraction of sp³-hybridized carbons (Fsp3) is 0.467. The SMILES string of the molecule is NCC#Cc1ccc(C(=O)NC2CCC(O)CC2)nc1. The minimum atomic E-state index is -0.221. The van der Waals surface area contributed by atoms with Crippen LogP contribution < -0.4 is 11.1 Å². The zero-order valence-electron chi connectivity index (χ0n) is 11.3. The second-order valence-electron chi connectivity index (χ2n) is 4.92. The van der Waals surface area contributed by atoms with Crippen molar-refractivity contribution in [3.8, 4) is 11.8 Å². The van der Waals surface area contributed by atoms with Crippen molar-refractivity contribution < 1.29 is 9.90 Å². The summed E-state index contributed by atoms with van der Waals surface area (Å²) in [4.78, 5) is 16.1. The Morgan fingerprint density at radius 2 is 2.15 bits per heavy atom. The highest BCUT2D eigenvalue weighted by Gasteiger charge is 2.21. The number of aliphatic hydroxyl groups is 1. The molecule has 20 heavy (non-hydrogen) atoms. The molecule has 0 bridgehead atoms. The number of rotatable bonds is 2. The van der Waals surface area contributed by atoms with Crippen LogP contribution >= 0.6 is 0 Å². The summed E-state index contributed by atoms with van der Waals surface area (Å²) in [5.41, 5.74) is 6.42. The average molecular weight is 273 g/mol. The highest BCUT2D eigenvalue weighted by Crippen LogP contribution is 2.18. The summed E-state index contributed by atoms with van der Waals surface area (Å²) in [5.74, 6) is 5.42. The van der Waals surface area contributed by atoms with Crippen LogP contribution in [-0.4, -0.2) is 34.7 Å². The number of aromatic nitrogens is 1. The van der Waals surface area contributed by atoms with Crippen molar-refractivity contribution in [2.45, 2.75) is 37.8 Å². The van der Waals surface area contributed by atoms with Crippen molar-refractivity contribution in [3.63, 3.8) is 0 Å². The lowest BCUT2D eigenvalue weighted by Gasteiger charge is -2.25. The average Bonchev–Trinajstić information content (AvgIpc) is 2.48. The van der Waals surface area contributed by atoms with Gasteiger partial charge in [-0.05, 0) is 37.8 Å². The molecule has 0 unspecified atom stereocenters. The maximum absolute atomic E-state index is 12.0. The fourth-order valence-electron chi connectivity index (χ4n) is 2.23. The van der Waals surface area contributed by atoms with Crippen LogP contribution in [0.5, 0.6) is 0 Å². The Hall–Kier alpha value is -1.90. The van der Waals surface area contributed by atoms with E-state index in [4.69, 9.17) is 5.73 Å². The molecule has 5 nitrogen and oxygen atoms in total. The van der Waals surface area contributed by atoms with Crippen molar-refractivity contribution in [2.24, 2.45) is 5.73 Å². The zero-order chi connectivity index (χ0) is 14.4. The number of nitrogens with two attached hydrogens (primary N) is 1. The van der Waals surface area contributed by atoms with Crippen molar-refractivity contribution in [3.05, 3.63) is 29.6 Å². The van der Waals surface area contributed by atoms with E-state index < -0.39 is 0 Å². The molecule has 106 valence electrons. The summed E-state index contributed by atoms with van der Waals surface area (Å²) in [7, 11) is 0. The molecule has 0 radical (unpaired) electrons. The van der Waals surface area contributed by atoms with Crippen molar-refractivity contribution in [1.29, 1.82) is 0 Å². The second-order valence-corrected chi connectivity index (χ2v) is 4.92. The van der Waals surface area contributed by atoms with E-state index in [9.17, 15) is 9.90 Å². The van der Waals surface area contributed by atoms with Crippen LogP contribution in [0.3, 0.4) is 0 Å². The van der Waals surface area contributed by atoms with Gasteiger partial charge >= 0.3 is 0 Å². The third-order valence-corrected chi connectivity index (χ3v) is 3.36. The van der Waals surface area contributed by atoms with Crippen LogP contribution in [0.2, 0.25) is 0 Å². The Balaban J connectivity index is 1.92. The second kappa shape index (κ2) is 7.04. The monoisotopic (exact) mass is 273 g/mol. The summed E-state index contributed by atoms with van der Waals surface area (Å²) in [6, 6.07) is 3.55. The van der Waals surface area contributed by atoms with Crippen LogP contribution in [-0.2, 0) is 0 Å². The standard InChI is InChI=1S/C15H19N3O2/c16-9-1-2-11-3-8-14(17-10-11)15(20)18-12-4-6-13(19)7-5-12/h3,8,10,12-13,19H,4-7,9,16H2,(H,18,20). The number of pyridine rings is 1. The van der Waals surface area contributed by atoms with Gasteiger partial charge in [-0.1, -0.05) is 11.8 Å². The quantitative estimate of drug-likeness (QED) is 0.682. The molecule has 0 atom stereocenters. The Morgan fingerprint density at radius 1 is 1.40 bits per heavy atom. The molecule has 4 N–H and O–H groups in total. The van der Waals surface area contributed by atoms with E-state index in [1.807, 2.05) is 0 Å². The minimum absolute atomic E-state index is 0.129. The van der Waals surface area contributed by atoms with Gasteiger partial charge in [0.2, 0.25) is 0 Å². The highest BCUT2D eigenvalue weighted by atomic mass is 16.3. The lowest BCUT2D eigenvalue weighted by molar-refractivity contribution is 0.0863. The number of nitrogens with one attached hydrogen (secondary N) is 1. The largest absolute Gasteiger partial charge is 0.393 e. The molecule has 1 amide bonds. The molecule has 2 rings (SSSR count). The van der Waals surface area contributed by atoms with Crippen molar-refractivity contribution in [2.75, 3.05) is 6.54 Å². The molecule has 0 spiro atoms. The molecular weight excluding hydrogens is 254 g/mol. The molecule has 0 aliphatic heterocycles. The summed E-state index contributed by atoms with van der Waals surface area (Å²) in [5, 5.41) is 12.4. The highest BCUT2D eigenvalue weighted by molar-refractivity contribution is 5.92. The van der Waals surface area contributed by atoms with E-state index in [1.165, 1.54) is 0 Å². The Bertz CT molecular complexity index is 508. The number of hydrogen-bond acceptors (Lipinski definition) is 4. The van der Waals surface area contributed by atoms with Crippen LogP contribution in [0.4, 0.5) is 0 Å². The summed E-state index contributed by atoms with van der Waals surface area (Å²) >= 11 is 0. The van der Waals surface area contributed by atoms with Gasteiger partial charge in [-0.25, -0.2) is 4.98 Å². The first-order valence-electron chi connectivity index (χ1n) is 6.83. The summed E-state index contributed by atoms with van der Waals surface area (Å²) < 4.78 is 0. The third-order valence-electron chi connectivity index (χ3n) is 3.36. The Kier molecular flexibility index (Phi) is 5.10. The number of nitrogens with zero attached hydrogens (tertiary/aromatic N) is 1. The molecule has 0 saturated heterocycles. The molecule has 0 aromatic carbocycles. The third kappa shape index (κ3) is 4.05. The molecular formula is C15H19N3O2. The van der Waals surface area contributed by atoms with Crippen LogP contribution in [0.25, 0.3) is 0 Å². The van der Waals surface area contributed by atoms with E-state index in [2.05, 4.69) is 22.1 Å². The first-order chi connectivity index (χ1) is 9.69. The van der Waals surface area contributed by atoms with Crippen LogP contribution in [0.1, 0.15) is 41.7 Å². The molecule has 1 aromatic rings. The first kappa shape index (κ1) is 14.5. The van der Waals surface area contributed by atoms with E-state index in [0.29, 0.717) is 12.2 Å². The van der Waals surface area contributed by atoms with Gasteiger partial charge in [0.25, 0.3) is 5.91 Å². The van der Waals surface area contributed by atoms with Gasteiger partial charge in [0, 0.05) is 17.8 Å². The van der Waals surface area contributed by atoms with Gasteiger partial charge in [0.1, 0.15) is 5.69 Å². The number of carbonyl (C=O) groups excluding carboxylic acids is 1. The van der Waals surface area contributed by atoms with Crippen molar-refractivity contribution in [1.82, 2.24) is 10.3 Å². The van der Waals surface area contributed by atoms with Crippen LogP contribution in [0.15, 0.2) is 18.3 Å². The van der Waals surface area contributed by atoms with Crippen LogP contribution in [0, 0.1) is 11.8 Å². The Morgan fingerprint density at radius 3 is 2.75 bits per heavy atom. The molecule has 1 aromatic heterocycles. The van der Waals surface area contributed by atoms with Gasteiger partial charge in [0.15, 0.2) is 0 Å². The molecule has 1 aliphatic carbocycles. The molecule has 1 aliphatic rings. The zero-order valence-corrected chi connectivity index (χ0v) is 11.3. The molecule has 1 saturated carbocycles. The maximum Gasteiger partial charge on any atom is 0.270 e. The first-order valence-corrected chi connectivity index (χ1v) is 6.83. The van der Waals surface area contributed by atoms with Gasteiger partial charge in [-0.2, -0.15) is 0 Å². The lowest BCUT2D eigenvalue weighted by atomic mass is 9.93. The van der Waals surface area contributed by atoms with E-state index >= 15 is 0 Å². The molecule has 5 heteroatoms. The number of carbonyl (C=O) groups is 1. The van der Waals surface area contributed by atoms with Gasteiger partial charge in [0.05, 0.1) is 12.6 Å². The molecule has 1 fully saturated rings. The van der Waals surface area contributed by atoms with E-state index in [-0.39, 0.29) is 18.1 Å². The smallest absolute Gasteiger partial charge is 0.270 e. The molecule has 1 heterocycles. The Labute approximate surface area is 118 Å². The predicted molar refractivity (Wildman–Crippen MR) is 75.9 cm³/mol. The van der Waals surface area contributed by atoms with Gasteiger partial charge < -0.3 is 16.2 Å². The normalized spacial score (nSPS) is 21.7. The fourth-order valence-corrected chi connectivity index (χ4v) is 2.23. The van der Waals surface area contributed by atoms with Gasteiger partial charge in [-0.15, -0.1) is 0 Å². The predicted octanol–water partition coefficient (Wildman–Crippen LogP) is 0.425. The van der Waals surface area contributed by atoms with Gasteiger partial charge in [-0.3, -0.25) is 4.79 Å². The van der Waals surface area contributed by atoms with Crippen molar-refractivity contribution >= 4 is 5.91 Å². The van der Waals surface area contributed by atoms with E-state index in [0.717, 1.165) is 31.2 Å². The number of aliphatic hydroxyl groups excluding tert-OH is 1. The number of amides is 1. The topological polar surface area (TPSA) is 88.2 Å². The maximum atomic E-state index is 12.0. The summed E-state index contributed by atoms with van der Waals surface area (Å²) in [6.45, 7) is 0.301.